The predicted octanol–water partition coefficient (Wildman–Crippen LogP) is 3.53. The van der Waals surface area contributed by atoms with E-state index < -0.39 is 0 Å². The zero-order chi connectivity index (χ0) is 13.0. The maximum atomic E-state index is 11.9. The number of anilines is 1. The minimum Gasteiger partial charge on any atom is -0.462 e. The van der Waals surface area contributed by atoms with Gasteiger partial charge in [-0.3, -0.25) is 0 Å². The molecule has 0 aromatic heterocycles. The minimum atomic E-state index is -0.310. The van der Waals surface area contributed by atoms with E-state index >= 15 is 0 Å². The second kappa shape index (κ2) is 6.81. The van der Waals surface area contributed by atoms with Gasteiger partial charge in [0.05, 0.1) is 12.2 Å². The molecule has 2 aromatic rings. The van der Waals surface area contributed by atoms with Crippen molar-refractivity contribution in [2.75, 3.05) is 12.3 Å². The third-order valence-corrected chi connectivity index (χ3v) is 2.62. The van der Waals surface area contributed by atoms with E-state index in [9.17, 15) is 4.79 Å². The molecule has 0 fully saturated rings. The molecule has 0 spiro atoms. The summed E-state index contributed by atoms with van der Waals surface area (Å²) in [6, 6.07) is 14.8. The van der Waals surface area contributed by atoms with E-state index in [4.69, 9.17) is 10.5 Å². The van der Waals surface area contributed by atoms with Gasteiger partial charge in [-0.1, -0.05) is 30.3 Å². The van der Waals surface area contributed by atoms with Gasteiger partial charge in [0, 0.05) is 5.69 Å². The summed E-state index contributed by atoms with van der Waals surface area (Å²) in [5, 5.41) is 0. The van der Waals surface area contributed by atoms with E-state index in [0.717, 1.165) is 11.1 Å². The first-order valence-electron chi connectivity index (χ1n) is 5.84. The molecule has 4 heteroatoms. The topological polar surface area (TPSA) is 52.3 Å². The zero-order valence-corrected chi connectivity index (χ0v) is 11.4. The maximum Gasteiger partial charge on any atom is 0.338 e. The summed E-state index contributed by atoms with van der Waals surface area (Å²) in [4.78, 5) is 11.9. The van der Waals surface area contributed by atoms with Crippen LogP contribution in [0.15, 0.2) is 48.5 Å². The van der Waals surface area contributed by atoms with Crippen molar-refractivity contribution < 1.29 is 9.53 Å². The summed E-state index contributed by atoms with van der Waals surface area (Å²) in [6.45, 7) is 2.16. The van der Waals surface area contributed by atoms with Crippen LogP contribution < -0.4 is 5.73 Å². The summed E-state index contributed by atoms with van der Waals surface area (Å²) in [5.41, 5.74) is 8.75. The summed E-state index contributed by atoms with van der Waals surface area (Å²) < 4.78 is 5.05. The number of nitrogens with two attached hydrogens (primary N) is 1. The molecule has 100 valence electrons. The van der Waals surface area contributed by atoms with Crippen LogP contribution in [-0.4, -0.2) is 12.6 Å². The summed E-state index contributed by atoms with van der Waals surface area (Å²) in [6.07, 6.45) is 0. The number of ether oxygens (including phenoxy) is 1. The van der Waals surface area contributed by atoms with Crippen molar-refractivity contribution in [1.82, 2.24) is 0 Å². The fourth-order valence-electron chi connectivity index (χ4n) is 1.83. The van der Waals surface area contributed by atoms with Crippen LogP contribution in [0.1, 0.15) is 17.3 Å². The van der Waals surface area contributed by atoms with Crippen LogP contribution in [0.5, 0.6) is 0 Å². The van der Waals surface area contributed by atoms with Gasteiger partial charge in [-0.15, -0.1) is 12.4 Å². The highest BCUT2D eigenvalue weighted by Gasteiger charge is 2.12. The average Bonchev–Trinajstić information content (AvgIpc) is 2.39. The molecule has 0 aliphatic heterocycles. The SMILES string of the molecule is CCOC(=O)c1ccccc1-c1cccc(N)c1.Cl. The highest BCUT2D eigenvalue weighted by molar-refractivity contribution is 5.97. The van der Waals surface area contributed by atoms with Crippen LogP contribution in [0.3, 0.4) is 0 Å². The monoisotopic (exact) mass is 277 g/mol. The van der Waals surface area contributed by atoms with Crippen molar-refractivity contribution in [2.24, 2.45) is 0 Å². The first-order valence-corrected chi connectivity index (χ1v) is 5.84. The summed E-state index contributed by atoms with van der Waals surface area (Å²) in [5.74, 6) is -0.310. The molecular weight excluding hydrogens is 262 g/mol. The summed E-state index contributed by atoms with van der Waals surface area (Å²) in [7, 11) is 0. The van der Waals surface area contributed by atoms with E-state index in [1.807, 2.05) is 42.5 Å². The predicted molar refractivity (Wildman–Crippen MR) is 79.5 cm³/mol. The molecule has 0 bridgehead atoms. The number of carbonyl (C=O) groups is 1. The smallest absolute Gasteiger partial charge is 0.338 e. The Kier molecular flexibility index (Phi) is 5.39. The lowest BCUT2D eigenvalue weighted by atomic mass is 9.99. The van der Waals surface area contributed by atoms with Gasteiger partial charge in [-0.05, 0) is 36.2 Å². The Balaban J connectivity index is 0.00000180. The molecule has 0 amide bonds. The fraction of sp³-hybridized carbons (Fsp3) is 0.133. The van der Waals surface area contributed by atoms with Gasteiger partial charge in [0.2, 0.25) is 0 Å². The second-order valence-corrected chi connectivity index (χ2v) is 3.89. The van der Waals surface area contributed by atoms with Crippen molar-refractivity contribution in [3.8, 4) is 11.1 Å². The highest BCUT2D eigenvalue weighted by atomic mass is 35.5. The molecule has 0 saturated heterocycles. The Morgan fingerprint density at radius 3 is 2.58 bits per heavy atom. The highest BCUT2D eigenvalue weighted by Crippen LogP contribution is 2.25. The number of esters is 1. The third kappa shape index (κ3) is 3.48. The van der Waals surface area contributed by atoms with Gasteiger partial charge in [0.15, 0.2) is 0 Å². The molecule has 19 heavy (non-hydrogen) atoms. The first kappa shape index (κ1) is 15.1. The molecule has 0 aliphatic carbocycles. The Morgan fingerprint density at radius 2 is 1.89 bits per heavy atom. The van der Waals surface area contributed by atoms with Gasteiger partial charge in [0.1, 0.15) is 0 Å². The fourth-order valence-corrected chi connectivity index (χ4v) is 1.83. The number of halogens is 1. The number of hydrogen-bond donors (Lipinski definition) is 1. The molecule has 2 rings (SSSR count). The van der Waals surface area contributed by atoms with Crippen molar-refractivity contribution in [1.29, 1.82) is 0 Å². The maximum absolute atomic E-state index is 11.9. The summed E-state index contributed by atoms with van der Waals surface area (Å²) >= 11 is 0. The quantitative estimate of drug-likeness (QED) is 0.690. The van der Waals surface area contributed by atoms with Gasteiger partial charge in [0.25, 0.3) is 0 Å². The number of hydrogen-bond acceptors (Lipinski definition) is 3. The van der Waals surface area contributed by atoms with Crippen LogP contribution in [0, 0.1) is 0 Å². The molecule has 0 heterocycles. The molecule has 3 nitrogen and oxygen atoms in total. The van der Waals surface area contributed by atoms with Gasteiger partial charge >= 0.3 is 5.97 Å². The molecule has 0 saturated carbocycles. The van der Waals surface area contributed by atoms with Crippen LogP contribution in [0.4, 0.5) is 5.69 Å². The zero-order valence-electron chi connectivity index (χ0n) is 10.6. The Morgan fingerprint density at radius 1 is 1.16 bits per heavy atom. The first-order chi connectivity index (χ1) is 8.72. The van der Waals surface area contributed by atoms with Gasteiger partial charge in [-0.2, -0.15) is 0 Å². The largest absolute Gasteiger partial charge is 0.462 e. The van der Waals surface area contributed by atoms with E-state index in [1.165, 1.54) is 0 Å². The third-order valence-electron chi connectivity index (χ3n) is 2.62. The van der Waals surface area contributed by atoms with Crippen molar-refractivity contribution >= 4 is 24.1 Å². The van der Waals surface area contributed by atoms with E-state index in [1.54, 1.807) is 13.0 Å². The van der Waals surface area contributed by atoms with Gasteiger partial charge < -0.3 is 10.5 Å². The Bertz CT molecular complexity index is 570. The number of benzene rings is 2. The Labute approximate surface area is 118 Å². The van der Waals surface area contributed by atoms with Crippen molar-refractivity contribution in [2.45, 2.75) is 6.92 Å². The molecule has 0 radical (unpaired) electrons. The normalized spacial score (nSPS) is 9.53. The molecular formula is C15H16ClNO2. The van der Waals surface area contributed by atoms with Crippen LogP contribution in [0.2, 0.25) is 0 Å². The lowest BCUT2D eigenvalue weighted by Gasteiger charge is -2.09. The van der Waals surface area contributed by atoms with Crippen molar-refractivity contribution in [3.05, 3.63) is 54.1 Å². The van der Waals surface area contributed by atoms with Crippen LogP contribution >= 0.6 is 12.4 Å². The molecule has 0 unspecified atom stereocenters. The second-order valence-electron chi connectivity index (χ2n) is 3.89. The molecule has 0 aliphatic rings. The van der Waals surface area contributed by atoms with Crippen LogP contribution in [-0.2, 0) is 4.74 Å². The van der Waals surface area contributed by atoms with E-state index in [-0.39, 0.29) is 18.4 Å². The minimum absolute atomic E-state index is 0. The van der Waals surface area contributed by atoms with E-state index in [0.29, 0.717) is 17.9 Å². The Hall–Kier alpha value is -2.00. The lowest BCUT2D eigenvalue weighted by molar-refractivity contribution is 0.0527. The number of nitrogen functional groups attached to an aromatic ring is 1. The van der Waals surface area contributed by atoms with E-state index in [2.05, 4.69) is 0 Å². The molecule has 2 aromatic carbocycles. The number of rotatable bonds is 3. The standard InChI is InChI=1S/C15H15NO2.ClH/c1-2-18-15(17)14-9-4-3-8-13(14)11-6-5-7-12(16)10-11;/h3-10H,2,16H2,1H3;1H. The molecule has 0 atom stereocenters. The average molecular weight is 278 g/mol. The molecule has 2 N–H and O–H groups in total. The van der Waals surface area contributed by atoms with Crippen molar-refractivity contribution in [3.63, 3.8) is 0 Å². The van der Waals surface area contributed by atoms with Crippen LogP contribution in [0.25, 0.3) is 11.1 Å². The van der Waals surface area contributed by atoms with Gasteiger partial charge in [-0.25, -0.2) is 4.79 Å². The number of carbonyl (C=O) groups excluding carboxylic acids is 1. The lowest BCUT2D eigenvalue weighted by Crippen LogP contribution is -2.06.